The lowest BCUT2D eigenvalue weighted by Gasteiger charge is -2.13. The van der Waals surface area contributed by atoms with E-state index in [0.717, 1.165) is 0 Å². The molecule has 0 aromatic carbocycles. The Hall–Kier alpha value is -0.610. The van der Waals surface area contributed by atoms with Gasteiger partial charge in [-0.3, -0.25) is 4.79 Å². The van der Waals surface area contributed by atoms with Gasteiger partial charge in [-0.25, -0.2) is 0 Å². The van der Waals surface area contributed by atoms with Crippen molar-refractivity contribution >= 4 is 5.97 Å². The van der Waals surface area contributed by atoms with Crippen LogP contribution in [0.1, 0.15) is 20.3 Å². The second-order valence-corrected chi connectivity index (χ2v) is 2.84. The van der Waals surface area contributed by atoms with Crippen LogP contribution in [0.4, 0.5) is 0 Å². The second kappa shape index (κ2) is 5.97. The standard InChI is InChI=1S/C8H17NO3/c1-6(2)12-8(10)4-7(5-9)11-3/h6-7H,4-5,9H2,1-3H3. The maximum atomic E-state index is 11.0. The van der Waals surface area contributed by atoms with Crippen molar-refractivity contribution in [1.29, 1.82) is 0 Å². The van der Waals surface area contributed by atoms with Crippen molar-refractivity contribution < 1.29 is 14.3 Å². The Kier molecular flexibility index (Phi) is 5.66. The monoisotopic (exact) mass is 175 g/mol. The number of methoxy groups -OCH3 is 1. The molecule has 0 radical (unpaired) electrons. The van der Waals surface area contributed by atoms with Gasteiger partial charge in [-0.2, -0.15) is 0 Å². The molecule has 0 rings (SSSR count). The van der Waals surface area contributed by atoms with Gasteiger partial charge in [0.2, 0.25) is 0 Å². The number of hydrogen-bond acceptors (Lipinski definition) is 4. The molecule has 2 N–H and O–H groups in total. The molecule has 0 aromatic heterocycles. The zero-order chi connectivity index (χ0) is 9.56. The Labute approximate surface area is 73.0 Å². The van der Waals surface area contributed by atoms with Crippen LogP contribution in [-0.2, 0) is 14.3 Å². The molecule has 12 heavy (non-hydrogen) atoms. The second-order valence-electron chi connectivity index (χ2n) is 2.84. The molecule has 0 heterocycles. The summed E-state index contributed by atoms with van der Waals surface area (Å²) < 4.78 is 9.84. The lowest BCUT2D eigenvalue weighted by Crippen LogP contribution is -2.27. The molecule has 0 aromatic rings. The normalized spacial score (nSPS) is 13.1. The average molecular weight is 175 g/mol. The summed E-state index contributed by atoms with van der Waals surface area (Å²) in [5.74, 6) is -0.262. The van der Waals surface area contributed by atoms with Crippen LogP contribution < -0.4 is 5.73 Å². The Bertz CT molecular complexity index is 132. The van der Waals surface area contributed by atoms with Crippen molar-refractivity contribution in [3.05, 3.63) is 0 Å². The van der Waals surface area contributed by atoms with E-state index in [0.29, 0.717) is 6.54 Å². The number of nitrogens with two attached hydrogens (primary N) is 1. The topological polar surface area (TPSA) is 61.5 Å². The van der Waals surface area contributed by atoms with E-state index in [9.17, 15) is 4.79 Å². The highest BCUT2D eigenvalue weighted by Crippen LogP contribution is 1.99. The van der Waals surface area contributed by atoms with Crippen molar-refractivity contribution in [3.8, 4) is 0 Å². The average Bonchev–Trinajstić information content (AvgIpc) is 1.98. The zero-order valence-electron chi connectivity index (χ0n) is 7.87. The molecule has 0 fully saturated rings. The van der Waals surface area contributed by atoms with Gasteiger partial charge in [-0.15, -0.1) is 0 Å². The van der Waals surface area contributed by atoms with Crippen LogP contribution in [0.15, 0.2) is 0 Å². The lowest BCUT2D eigenvalue weighted by molar-refractivity contribution is -0.149. The Morgan fingerprint density at radius 2 is 2.08 bits per heavy atom. The molecule has 0 bridgehead atoms. The maximum absolute atomic E-state index is 11.0. The highest BCUT2D eigenvalue weighted by atomic mass is 16.5. The van der Waals surface area contributed by atoms with E-state index >= 15 is 0 Å². The third-order valence-electron chi connectivity index (χ3n) is 1.36. The van der Waals surface area contributed by atoms with Gasteiger partial charge in [-0.1, -0.05) is 0 Å². The molecule has 72 valence electrons. The van der Waals surface area contributed by atoms with Crippen LogP contribution in [0.5, 0.6) is 0 Å². The van der Waals surface area contributed by atoms with E-state index in [1.165, 1.54) is 7.11 Å². The summed E-state index contributed by atoms with van der Waals surface area (Å²) in [5, 5.41) is 0. The van der Waals surface area contributed by atoms with E-state index < -0.39 is 0 Å². The van der Waals surface area contributed by atoms with Gasteiger partial charge in [0.25, 0.3) is 0 Å². The van der Waals surface area contributed by atoms with E-state index in [1.54, 1.807) is 0 Å². The highest BCUT2D eigenvalue weighted by molar-refractivity contribution is 5.70. The number of rotatable bonds is 5. The number of ether oxygens (including phenoxy) is 2. The maximum Gasteiger partial charge on any atom is 0.308 e. The van der Waals surface area contributed by atoms with Gasteiger partial charge in [0.15, 0.2) is 0 Å². The van der Waals surface area contributed by atoms with Crippen LogP contribution >= 0.6 is 0 Å². The van der Waals surface area contributed by atoms with E-state index in [1.807, 2.05) is 13.8 Å². The van der Waals surface area contributed by atoms with Crippen molar-refractivity contribution in [2.24, 2.45) is 5.73 Å². The van der Waals surface area contributed by atoms with Gasteiger partial charge in [0.05, 0.1) is 18.6 Å². The molecule has 1 atom stereocenters. The number of hydrogen-bond donors (Lipinski definition) is 1. The number of carbonyl (C=O) groups excluding carboxylic acids is 1. The minimum absolute atomic E-state index is 0.0761. The molecule has 0 aliphatic heterocycles. The molecule has 0 aliphatic carbocycles. The van der Waals surface area contributed by atoms with Crippen LogP contribution in [0.3, 0.4) is 0 Å². The third-order valence-corrected chi connectivity index (χ3v) is 1.36. The fraction of sp³-hybridized carbons (Fsp3) is 0.875. The van der Waals surface area contributed by atoms with Gasteiger partial charge in [0, 0.05) is 13.7 Å². The van der Waals surface area contributed by atoms with Gasteiger partial charge in [0.1, 0.15) is 0 Å². The number of esters is 1. The van der Waals surface area contributed by atoms with E-state index in [2.05, 4.69) is 0 Å². The van der Waals surface area contributed by atoms with Crippen LogP contribution in [-0.4, -0.2) is 31.8 Å². The molecule has 4 heteroatoms. The third kappa shape index (κ3) is 5.09. The largest absolute Gasteiger partial charge is 0.463 e. The SMILES string of the molecule is COC(CN)CC(=O)OC(C)C. The Morgan fingerprint density at radius 1 is 1.50 bits per heavy atom. The first-order chi connectivity index (χ1) is 5.60. The first kappa shape index (κ1) is 11.4. The smallest absolute Gasteiger partial charge is 0.308 e. The number of carbonyl (C=O) groups is 1. The van der Waals surface area contributed by atoms with E-state index in [4.69, 9.17) is 15.2 Å². The predicted octanol–water partition coefficient (Wildman–Crippen LogP) is 0.302. The molecule has 0 saturated carbocycles. The first-order valence-electron chi connectivity index (χ1n) is 4.02. The summed E-state index contributed by atoms with van der Waals surface area (Å²) in [6, 6.07) is 0. The molecule has 0 amide bonds. The van der Waals surface area contributed by atoms with Crippen LogP contribution in [0, 0.1) is 0 Å². The minimum atomic E-state index is -0.262. The van der Waals surface area contributed by atoms with Gasteiger partial charge >= 0.3 is 5.97 Å². The molecular weight excluding hydrogens is 158 g/mol. The zero-order valence-corrected chi connectivity index (χ0v) is 7.87. The van der Waals surface area contributed by atoms with E-state index in [-0.39, 0.29) is 24.6 Å². The molecule has 1 unspecified atom stereocenters. The summed E-state index contributed by atoms with van der Waals surface area (Å²) in [7, 11) is 1.53. The van der Waals surface area contributed by atoms with Crippen LogP contribution in [0.25, 0.3) is 0 Å². The molecular formula is C8H17NO3. The quantitative estimate of drug-likeness (QED) is 0.610. The lowest BCUT2D eigenvalue weighted by atomic mass is 10.2. The van der Waals surface area contributed by atoms with Crippen LogP contribution in [0.2, 0.25) is 0 Å². The Morgan fingerprint density at radius 3 is 2.42 bits per heavy atom. The summed E-state index contributed by atoms with van der Waals surface area (Å²) >= 11 is 0. The molecule has 0 spiro atoms. The fourth-order valence-corrected chi connectivity index (χ4v) is 0.760. The van der Waals surface area contributed by atoms with Crippen molar-refractivity contribution in [2.45, 2.75) is 32.5 Å². The summed E-state index contributed by atoms with van der Waals surface area (Å²) in [5.41, 5.74) is 5.33. The summed E-state index contributed by atoms with van der Waals surface area (Å²) in [6.07, 6.45) is -0.0745. The van der Waals surface area contributed by atoms with Crippen molar-refractivity contribution in [1.82, 2.24) is 0 Å². The Balaban J connectivity index is 3.66. The summed E-state index contributed by atoms with van der Waals surface area (Å²) in [6.45, 7) is 3.95. The van der Waals surface area contributed by atoms with Crippen molar-refractivity contribution in [3.63, 3.8) is 0 Å². The van der Waals surface area contributed by atoms with Gasteiger partial charge in [-0.05, 0) is 13.8 Å². The molecule has 0 saturated heterocycles. The predicted molar refractivity (Wildman–Crippen MR) is 45.7 cm³/mol. The minimum Gasteiger partial charge on any atom is -0.463 e. The fourth-order valence-electron chi connectivity index (χ4n) is 0.760. The molecule has 0 aliphatic rings. The summed E-state index contributed by atoms with van der Waals surface area (Å²) in [4.78, 5) is 11.0. The highest BCUT2D eigenvalue weighted by Gasteiger charge is 2.13. The van der Waals surface area contributed by atoms with Gasteiger partial charge < -0.3 is 15.2 Å². The first-order valence-corrected chi connectivity index (χ1v) is 4.02. The molecule has 4 nitrogen and oxygen atoms in total. The van der Waals surface area contributed by atoms with Crippen molar-refractivity contribution in [2.75, 3.05) is 13.7 Å².